The molecule has 1 aromatic carbocycles. The second kappa shape index (κ2) is 10.5. The second-order valence-corrected chi connectivity index (χ2v) is 8.61. The van der Waals surface area contributed by atoms with Gasteiger partial charge in [-0.05, 0) is 49.6 Å². The predicted molar refractivity (Wildman–Crippen MR) is 118 cm³/mol. The molecule has 0 aliphatic carbocycles. The van der Waals surface area contributed by atoms with Crippen LogP contribution in [0.4, 0.5) is 4.79 Å². The lowest BCUT2D eigenvalue weighted by Gasteiger charge is -2.31. The predicted octanol–water partition coefficient (Wildman–Crippen LogP) is 2.84. The molecule has 32 heavy (non-hydrogen) atoms. The van der Waals surface area contributed by atoms with Crippen LogP contribution in [0, 0.1) is 5.92 Å². The van der Waals surface area contributed by atoms with E-state index < -0.39 is 23.7 Å². The lowest BCUT2D eigenvalue weighted by Crippen LogP contribution is -2.45. The molecule has 3 amide bonds. The van der Waals surface area contributed by atoms with Crippen molar-refractivity contribution in [1.29, 1.82) is 0 Å². The molecule has 1 N–H and O–H groups in total. The molecule has 9 nitrogen and oxygen atoms in total. The number of nitrogens with zero attached hydrogens (tertiary/aromatic N) is 2. The van der Waals surface area contributed by atoms with Crippen molar-refractivity contribution >= 4 is 40.9 Å². The Bertz CT molecular complexity index is 938. The van der Waals surface area contributed by atoms with Crippen LogP contribution in [-0.4, -0.2) is 70.8 Å². The number of amides is 3. The second-order valence-electron chi connectivity index (χ2n) is 7.62. The number of ether oxygens (including phenoxy) is 2. The maximum atomic E-state index is 12.9. The molecule has 0 saturated carbocycles. The smallest absolute Gasteiger partial charge is 0.341 e. The van der Waals surface area contributed by atoms with E-state index in [1.807, 2.05) is 0 Å². The molecule has 2 aliphatic heterocycles. The monoisotopic (exact) mass is 462 g/mol. The van der Waals surface area contributed by atoms with E-state index in [4.69, 9.17) is 14.6 Å². The molecular weight excluding hydrogens is 436 g/mol. The van der Waals surface area contributed by atoms with E-state index in [1.165, 1.54) is 6.08 Å². The highest BCUT2D eigenvalue weighted by Crippen LogP contribution is 2.37. The number of imide groups is 1. The van der Waals surface area contributed by atoms with Gasteiger partial charge in [0.25, 0.3) is 11.1 Å². The molecule has 0 bridgehead atoms. The molecule has 2 heterocycles. The molecule has 0 atom stereocenters. The van der Waals surface area contributed by atoms with Crippen LogP contribution in [0.15, 0.2) is 23.1 Å². The highest BCUT2D eigenvalue weighted by molar-refractivity contribution is 8.18. The van der Waals surface area contributed by atoms with Crippen molar-refractivity contribution in [3.05, 3.63) is 28.7 Å². The fourth-order valence-electron chi connectivity index (χ4n) is 3.47. The molecule has 2 saturated heterocycles. The standard InChI is InChI=1S/C22H26N2O7S/c1-3-30-16-6-4-5-15(20(16)31-13-19(26)27)11-17-21(28)24(22(29)32-17)12-18(25)23-9-7-14(2)8-10-23/h4-6,11,14H,3,7-10,12-13H2,1-2H3,(H,26,27)/b17-11-. The van der Waals surface area contributed by atoms with E-state index in [0.29, 0.717) is 36.9 Å². The zero-order chi connectivity index (χ0) is 23.3. The molecule has 2 aliphatic rings. The number of thioether (sulfide) groups is 1. The Morgan fingerprint density at radius 3 is 2.59 bits per heavy atom. The number of rotatable bonds is 8. The topological polar surface area (TPSA) is 113 Å². The average molecular weight is 463 g/mol. The normalized spacial score (nSPS) is 18.4. The van der Waals surface area contributed by atoms with Crippen LogP contribution in [-0.2, 0) is 14.4 Å². The third kappa shape index (κ3) is 5.61. The first-order valence-corrected chi connectivity index (χ1v) is 11.2. The van der Waals surface area contributed by atoms with Crippen LogP contribution in [0.1, 0.15) is 32.3 Å². The van der Waals surface area contributed by atoms with Crippen molar-refractivity contribution < 1.29 is 33.8 Å². The van der Waals surface area contributed by atoms with Crippen molar-refractivity contribution in [2.45, 2.75) is 26.7 Å². The summed E-state index contributed by atoms with van der Waals surface area (Å²) in [5.41, 5.74) is 0.402. The van der Waals surface area contributed by atoms with Crippen molar-refractivity contribution in [2.75, 3.05) is 32.8 Å². The molecule has 2 fully saturated rings. The zero-order valence-corrected chi connectivity index (χ0v) is 18.9. The first-order valence-electron chi connectivity index (χ1n) is 10.4. The number of hydrogen-bond donors (Lipinski definition) is 1. The van der Waals surface area contributed by atoms with Gasteiger partial charge in [0.05, 0.1) is 11.5 Å². The molecular formula is C22H26N2O7S. The van der Waals surface area contributed by atoms with Crippen LogP contribution in [0.25, 0.3) is 6.08 Å². The Morgan fingerprint density at radius 1 is 1.22 bits per heavy atom. The summed E-state index contributed by atoms with van der Waals surface area (Å²) < 4.78 is 10.9. The van der Waals surface area contributed by atoms with Gasteiger partial charge in [0, 0.05) is 18.7 Å². The van der Waals surface area contributed by atoms with Crippen LogP contribution in [0.2, 0.25) is 0 Å². The fourth-order valence-corrected chi connectivity index (χ4v) is 4.30. The Kier molecular flexibility index (Phi) is 7.79. The summed E-state index contributed by atoms with van der Waals surface area (Å²) in [4.78, 5) is 51.6. The number of para-hydroxylation sites is 1. The Labute approximate surface area is 190 Å². The summed E-state index contributed by atoms with van der Waals surface area (Å²) in [6, 6.07) is 4.94. The summed E-state index contributed by atoms with van der Waals surface area (Å²) in [6.45, 7) is 4.62. The van der Waals surface area contributed by atoms with Gasteiger partial charge in [-0.3, -0.25) is 19.3 Å². The Balaban J connectivity index is 1.78. The molecule has 0 radical (unpaired) electrons. The van der Waals surface area contributed by atoms with Crippen LogP contribution < -0.4 is 9.47 Å². The number of carboxylic acid groups (broad SMARTS) is 1. The molecule has 1 aromatic rings. The lowest BCUT2D eigenvalue weighted by molar-refractivity contribution is -0.139. The fraction of sp³-hybridized carbons (Fsp3) is 0.455. The number of hydrogen-bond acceptors (Lipinski definition) is 7. The van der Waals surface area contributed by atoms with E-state index in [1.54, 1.807) is 30.0 Å². The number of carbonyl (C=O) groups excluding carboxylic acids is 3. The third-order valence-corrected chi connectivity index (χ3v) is 6.15. The summed E-state index contributed by atoms with van der Waals surface area (Å²) in [6.07, 6.45) is 3.27. The minimum atomic E-state index is -1.16. The van der Waals surface area contributed by atoms with E-state index >= 15 is 0 Å². The van der Waals surface area contributed by atoms with Gasteiger partial charge in [-0.15, -0.1) is 0 Å². The Hall–Kier alpha value is -3.01. The first kappa shape index (κ1) is 23.6. The minimum absolute atomic E-state index is 0.129. The molecule has 10 heteroatoms. The number of likely N-dealkylation sites (tertiary alicyclic amines) is 1. The van der Waals surface area contributed by atoms with Gasteiger partial charge in [-0.25, -0.2) is 4.79 Å². The van der Waals surface area contributed by atoms with Gasteiger partial charge in [-0.1, -0.05) is 19.1 Å². The van der Waals surface area contributed by atoms with E-state index in [0.717, 1.165) is 29.5 Å². The maximum Gasteiger partial charge on any atom is 0.341 e. The van der Waals surface area contributed by atoms with Crippen molar-refractivity contribution in [2.24, 2.45) is 5.92 Å². The van der Waals surface area contributed by atoms with Gasteiger partial charge < -0.3 is 19.5 Å². The summed E-state index contributed by atoms with van der Waals surface area (Å²) in [5, 5.41) is 8.44. The summed E-state index contributed by atoms with van der Waals surface area (Å²) in [7, 11) is 0. The summed E-state index contributed by atoms with van der Waals surface area (Å²) >= 11 is 0.733. The van der Waals surface area contributed by atoms with E-state index in [2.05, 4.69) is 6.92 Å². The number of benzene rings is 1. The van der Waals surface area contributed by atoms with E-state index in [9.17, 15) is 19.2 Å². The largest absolute Gasteiger partial charge is 0.490 e. The van der Waals surface area contributed by atoms with Gasteiger partial charge in [0.1, 0.15) is 6.54 Å². The van der Waals surface area contributed by atoms with Crippen molar-refractivity contribution in [1.82, 2.24) is 9.80 Å². The van der Waals surface area contributed by atoms with E-state index in [-0.39, 0.29) is 23.1 Å². The van der Waals surface area contributed by atoms with Crippen molar-refractivity contribution in [3.63, 3.8) is 0 Å². The highest BCUT2D eigenvalue weighted by atomic mass is 32.2. The number of carbonyl (C=O) groups is 4. The highest BCUT2D eigenvalue weighted by Gasteiger charge is 2.37. The Morgan fingerprint density at radius 2 is 1.94 bits per heavy atom. The van der Waals surface area contributed by atoms with Gasteiger partial charge in [-0.2, -0.15) is 0 Å². The first-order chi connectivity index (χ1) is 15.3. The molecule has 172 valence electrons. The van der Waals surface area contributed by atoms with Crippen molar-refractivity contribution in [3.8, 4) is 11.5 Å². The third-order valence-electron chi connectivity index (χ3n) is 5.24. The molecule has 0 unspecified atom stereocenters. The number of piperidine rings is 1. The van der Waals surface area contributed by atoms with Crippen LogP contribution in [0.3, 0.4) is 0 Å². The average Bonchev–Trinajstić information content (AvgIpc) is 3.01. The SMILES string of the molecule is CCOc1cccc(/C=C2\SC(=O)N(CC(=O)N3CCC(C)CC3)C2=O)c1OCC(=O)O. The molecule has 0 aromatic heterocycles. The van der Waals surface area contributed by atoms with Gasteiger partial charge in [0.2, 0.25) is 5.91 Å². The maximum absolute atomic E-state index is 12.9. The molecule has 0 spiro atoms. The van der Waals surface area contributed by atoms with Crippen LogP contribution >= 0.6 is 11.8 Å². The number of aliphatic carboxylic acids is 1. The molecule has 3 rings (SSSR count). The zero-order valence-electron chi connectivity index (χ0n) is 18.0. The lowest BCUT2D eigenvalue weighted by atomic mass is 9.99. The minimum Gasteiger partial charge on any atom is -0.490 e. The number of carboxylic acids is 1. The van der Waals surface area contributed by atoms with Gasteiger partial charge in [0.15, 0.2) is 18.1 Å². The summed E-state index contributed by atoms with van der Waals surface area (Å²) in [5.74, 6) is -0.912. The van der Waals surface area contributed by atoms with Gasteiger partial charge >= 0.3 is 5.97 Å². The quantitative estimate of drug-likeness (QED) is 0.587. The van der Waals surface area contributed by atoms with Crippen LogP contribution in [0.5, 0.6) is 11.5 Å².